The number of aromatic nitrogens is 2. The predicted octanol–water partition coefficient (Wildman–Crippen LogP) is -0.478. The summed E-state index contributed by atoms with van der Waals surface area (Å²) in [5.41, 5.74) is -0.207. The summed E-state index contributed by atoms with van der Waals surface area (Å²) in [7, 11) is 4.83. The Bertz CT molecular complexity index is 584. The van der Waals surface area contributed by atoms with Gasteiger partial charge in [0, 0.05) is 27.7 Å². The van der Waals surface area contributed by atoms with Gasteiger partial charge in [-0.15, -0.1) is 6.58 Å². The second-order valence-corrected chi connectivity index (χ2v) is 3.94. The Morgan fingerprint density at radius 2 is 1.88 bits per heavy atom. The number of rotatable bonds is 2. The fraction of sp³-hybridized carbons (Fsp3) is 0.364. The van der Waals surface area contributed by atoms with Crippen LogP contribution in [0, 0.1) is 6.67 Å². The third-order valence-corrected chi connectivity index (χ3v) is 2.78. The molecule has 1 aliphatic heterocycles. The van der Waals surface area contributed by atoms with Crippen LogP contribution >= 0.6 is 0 Å². The molecule has 2 heterocycles. The van der Waals surface area contributed by atoms with E-state index in [0.29, 0.717) is 18.1 Å². The molecule has 1 aliphatic rings. The fourth-order valence-corrected chi connectivity index (χ4v) is 1.95. The Morgan fingerprint density at radius 1 is 1.24 bits per heavy atom. The van der Waals surface area contributed by atoms with Crippen molar-refractivity contribution in [1.29, 1.82) is 0 Å². The molecule has 0 saturated heterocycles. The Balaban J connectivity index is 2.78. The van der Waals surface area contributed by atoms with E-state index in [4.69, 9.17) is 0 Å². The van der Waals surface area contributed by atoms with Gasteiger partial charge >= 0.3 is 5.69 Å². The van der Waals surface area contributed by atoms with Gasteiger partial charge in [0.1, 0.15) is 11.5 Å². The highest BCUT2D eigenvalue weighted by atomic mass is 16.2. The zero-order chi connectivity index (χ0) is 12.7. The van der Waals surface area contributed by atoms with Gasteiger partial charge in [-0.3, -0.25) is 13.9 Å². The molecule has 0 aromatic carbocycles. The molecule has 17 heavy (non-hydrogen) atoms. The number of hydrogen-bond acceptors (Lipinski definition) is 4. The molecule has 2 radical (unpaired) electrons. The molecule has 0 unspecified atom stereocenters. The number of fused-ring (bicyclic) bond motifs is 1. The summed E-state index contributed by atoms with van der Waals surface area (Å²) >= 11 is 0. The average Bonchev–Trinajstić information content (AvgIpc) is 2.61. The largest absolute Gasteiger partial charge is 0.337 e. The van der Waals surface area contributed by atoms with Crippen molar-refractivity contribution in [2.45, 2.75) is 0 Å². The summed E-state index contributed by atoms with van der Waals surface area (Å²) in [5.74, 6) is 0.556. The van der Waals surface area contributed by atoms with Crippen molar-refractivity contribution in [2.75, 3.05) is 23.4 Å². The lowest BCUT2D eigenvalue weighted by Crippen LogP contribution is -2.39. The normalized spacial score (nSPS) is 14.1. The van der Waals surface area contributed by atoms with Gasteiger partial charge < -0.3 is 9.80 Å². The van der Waals surface area contributed by atoms with E-state index in [0.717, 1.165) is 4.57 Å². The van der Waals surface area contributed by atoms with Crippen LogP contribution < -0.4 is 21.0 Å². The van der Waals surface area contributed by atoms with Gasteiger partial charge in [-0.05, 0) is 0 Å². The van der Waals surface area contributed by atoms with Crippen molar-refractivity contribution in [3.8, 4) is 0 Å². The Labute approximate surface area is 99.0 Å². The number of nitrogens with zero attached hydrogens (tertiary/aromatic N) is 4. The van der Waals surface area contributed by atoms with Crippen molar-refractivity contribution >= 4 is 11.5 Å². The average molecular weight is 234 g/mol. The van der Waals surface area contributed by atoms with E-state index in [1.54, 1.807) is 30.0 Å². The minimum absolute atomic E-state index is 0.315. The van der Waals surface area contributed by atoms with Gasteiger partial charge in [0.15, 0.2) is 0 Å². The van der Waals surface area contributed by atoms with Crippen LogP contribution in [0.15, 0.2) is 22.2 Å². The van der Waals surface area contributed by atoms with Crippen molar-refractivity contribution in [3.05, 3.63) is 40.2 Å². The van der Waals surface area contributed by atoms with Crippen LogP contribution in [-0.4, -0.2) is 22.7 Å². The minimum atomic E-state index is -0.347. The van der Waals surface area contributed by atoms with Gasteiger partial charge in [0.25, 0.3) is 5.56 Å². The lowest BCUT2D eigenvalue weighted by atomic mass is 10.4. The molecule has 0 atom stereocenters. The maximum Gasteiger partial charge on any atom is 0.332 e. The summed E-state index contributed by atoms with van der Waals surface area (Å²) < 4.78 is 2.53. The van der Waals surface area contributed by atoms with Crippen molar-refractivity contribution < 1.29 is 0 Å². The van der Waals surface area contributed by atoms with Crippen molar-refractivity contribution in [2.24, 2.45) is 14.1 Å². The highest BCUT2D eigenvalue weighted by molar-refractivity contribution is 5.74. The zero-order valence-electron chi connectivity index (χ0n) is 10.1. The van der Waals surface area contributed by atoms with E-state index in [1.807, 2.05) is 0 Å². The smallest absolute Gasteiger partial charge is 0.332 e. The van der Waals surface area contributed by atoms with E-state index in [9.17, 15) is 9.59 Å². The summed E-state index contributed by atoms with van der Waals surface area (Å²) in [6.07, 6.45) is 1.69. The van der Waals surface area contributed by atoms with Crippen molar-refractivity contribution in [1.82, 2.24) is 9.13 Å². The van der Waals surface area contributed by atoms with Crippen LogP contribution in [0.25, 0.3) is 0 Å². The van der Waals surface area contributed by atoms with Gasteiger partial charge in [-0.25, -0.2) is 4.79 Å². The summed E-state index contributed by atoms with van der Waals surface area (Å²) in [6, 6.07) is 0. The first-order valence-electron chi connectivity index (χ1n) is 5.17. The van der Waals surface area contributed by atoms with Gasteiger partial charge in [0.05, 0.1) is 0 Å². The molecule has 0 bridgehead atoms. The van der Waals surface area contributed by atoms with Crippen LogP contribution in [-0.2, 0) is 14.1 Å². The zero-order valence-corrected chi connectivity index (χ0v) is 10.1. The standard InChI is InChI=1S/C11H14N4O2/c1-5-6-15-7-12(2)8-9(15)13(3)11(17)14(4)10(8)16/h5H,1,6H2,2-4H3. The molecule has 6 nitrogen and oxygen atoms in total. The second-order valence-electron chi connectivity index (χ2n) is 3.94. The molecule has 0 amide bonds. The van der Waals surface area contributed by atoms with Gasteiger partial charge in [0.2, 0.25) is 6.67 Å². The van der Waals surface area contributed by atoms with E-state index in [2.05, 4.69) is 13.2 Å². The van der Waals surface area contributed by atoms with E-state index in [1.165, 1.54) is 11.6 Å². The SMILES string of the molecule is C=CCN1[C]N(C)c2c1n(C)c(=O)n(C)c2=O. The second kappa shape index (κ2) is 3.80. The molecule has 90 valence electrons. The van der Waals surface area contributed by atoms with Crippen LogP contribution in [0.1, 0.15) is 0 Å². The summed E-state index contributed by atoms with van der Waals surface area (Å²) in [6.45, 7) is 7.12. The lowest BCUT2D eigenvalue weighted by molar-refractivity contribution is 0.688. The molecule has 0 spiro atoms. The Morgan fingerprint density at radius 3 is 2.47 bits per heavy atom. The predicted molar refractivity (Wildman–Crippen MR) is 66.1 cm³/mol. The topological polar surface area (TPSA) is 50.5 Å². The van der Waals surface area contributed by atoms with Crippen LogP contribution in [0.5, 0.6) is 0 Å². The highest BCUT2D eigenvalue weighted by Gasteiger charge is 2.31. The summed E-state index contributed by atoms with van der Waals surface area (Å²) in [4.78, 5) is 27.1. The molecule has 0 aliphatic carbocycles. The molecule has 0 N–H and O–H groups in total. The van der Waals surface area contributed by atoms with Crippen LogP contribution in [0.3, 0.4) is 0 Å². The molecular formula is C11H14N4O2. The minimum Gasteiger partial charge on any atom is -0.337 e. The Kier molecular flexibility index (Phi) is 2.57. The quantitative estimate of drug-likeness (QED) is 0.649. The first-order chi connectivity index (χ1) is 7.99. The number of hydrogen-bond donors (Lipinski definition) is 0. The Hall–Kier alpha value is -1.98. The first-order valence-corrected chi connectivity index (χ1v) is 5.17. The molecule has 0 fully saturated rings. The monoisotopic (exact) mass is 234 g/mol. The number of anilines is 2. The third-order valence-electron chi connectivity index (χ3n) is 2.78. The molecule has 1 aromatic heterocycles. The highest BCUT2D eigenvalue weighted by Crippen LogP contribution is 2.31. The molecule has 2 rings (SSSR count). The third kappa shape index (κ3) is 1.48. The fourth-order valence-electron chi connectivity index (χ4n) is 1.95. The van der Waals surface area contributed by atoms with Gasteiger partial charge in [-0.1, -0.05) is 6.08 Å². The maximum absolute atomic E-state index is 12.0. The maximum atomic E-state index is 12.0. The van der Waals surface area contributed by atoms with E-state index >= 15 is 0 Å². The molecule has 1 aromatic rings. The molecular weight excluding hydrogens is 220 g/mol. The first kappa shape index (κ1) is 11.5. The molecule has 6 heteroatoms. The summed E-state index contributed by atoms with van der Waals surface area (Å²) in [5, 5.41) is 0. The van der Waals surface area contributed by atoms with Crippen molar-refractivity contribution in [3.63, 3.8) is 0 Å². The van der Waals surface area contributed by atoms with E-state index < -0.39 is 0 Å². The lowest BCUT2D eigenvalue weighted by Gasteiger charge is -2.16. The van der Waals surface area contributed by atoms with Crippen LogP contribution in [0.4, 0.5) is 11.5 Å². The van der Waals surface area contributed by atoms with E-state index in [-0.39, 0.29) is 11.2 Å². The molecule has 0 saturated carbocycles. The van der Waals surface area contributed by atoms with Gasteiger partial charge in [-0.2, -0.15) is 0 Å². The van der Waals surface area contributed by atoms with Crippen LogP contribution in [0.2, 0.25) is 0 Å².